The Morgan fingerprint density at radius 3 is 3.05 bits per heavy atom. The number of aromatic nitrogens is 2. The number of nitrogens with one attached hydrogen (secondary N) is 1. The molecule has 0 amide bonds. The normalized spacial score (nSPS) is 22.8. The fourth-order valence-electron chi connectivity index (χ4n) is 2.35. The van der Waals surface area contributed by atoms with Crippen molar-refractivity contribution in [2.24, 2.45) is 0 Å². The quantitative estimate of drug-likeness (QED) is 0.914. The lowest BCUT2D eigenvalue weighted by atomic mass is 10.1. The Bertz CT molecular complexity index is 567. The summed E-state index contributed by atoms with van der Waals surface area (Å²) in [6.07, 6.45) is 1.09. The van der Waals surface area contributed by atoms with Crippen LogP contribution in [-0.4, -0.2) is 29.9 Å². The van der Waals surface area contributed by atoms with Crippen LogP contribution in [0.25, 0.3) is 11.4 Å². The first kappa shape index (κ1) is 12.3. The number of hydrogen-bond acceptors (Lipinski definition) is 5. The van der Waals surface area contributed by atoms with Gasteiger partial charge in [0, 0.05) is 19.2 Å². The molecule has 2 heterocycles. The van der Waals surface area contributed by atoms with Crippen LogP contribution in [0.5, 0.6) is 0 Å². The minimum Gasteiger partial charge on any atom is -0.380 e. The summed E-state index contributed by atoms with van der Waals surface area (Å²) in [4.78, 5) is 4.48. The summed E-state index contributed by atoms with van der Waals surface area (Å²) in [7, 11) is 1.72. The Morgan fingerprint density at radius 2 is 2.32 bits per heavy atom. The second-order valence-corrected chi connectivity index (χ2v) is 4.88. The molecule has 1 aromatic heterocycles. The molecule has 0 aliphatic carbocycles. The highest BCUT2D eigenvalue weighted by atomic mass is 16.5. The van der Waals surface area contributed by atoms with E-state index < -0.39 is 0 Å². The first-order chi connectivity index (χ1) is 9.26. The highest BCUT2D eigenvalue weighted by molar-refractivity contribution is 5.55. The largest absolute Gasteiger partial charge is 0.380 e. The Balaban J connectivity index is 1.80. The lowest BCUT2D eigenvalue weighted by Gasteiger charge is -2.04. The Labute approximate surface area is 112 Å². The van der Waals surface area contributed by atoms with Crippen molar-refractivity contribution in [2.45, 2.75) is 25.5 Å². The minimum absolute atomic E-state index is 0.0935. The van der Waals surface area contributed by atoms with Gasteiger partial charge in [-0.05, 0) is 19.4 Å². The van der Waals surface area contributed by atoms with Crippen molar-refractivity contribution in [1.82, 2.24) is 15.5 Å². The number of ether oxygens (including phenoxy) is 1. The van der Waals surface area contributed by atoms with E-state index >= 15 is 0 Å². The maximum atomic E-state index is 5.36. The standard InChI is InChI=1S/C14H17N3O2/c1-9-4-3-5-10(6-9)13-16-14(19-17-13)12-7-11(18-2)8-15-12/h3-6,11-12,15H,7-8H2,1-2H3. The number of nitrogens with zero attached hydrogens (tertiary/aromatic N) is 2. The summed E-state index contributed by atoms with van der Waals surface area (Å²) in [6, 6.07) is 8.17. The van der Waals surface area contributed by atoms with E-state index in [9.17, 15) is 0 Å². The van der Waals surface area contributed by atoms with Gasteiger partial charge in [0.25, 0.3) is 0 Å². The molecule has 19 heavy (non-hydrogen) atoms. The van der Waals surface area contributed by atoms with Crippen LogP contribution in [0.4, 0.5) is 0 Å². The number of methoxy groups -OCH3 is 1. The topological polar surface area (TPSA) is 60.2 Å². The van der Waals surface area contributed by atoms with Crippen molar-refractivity contribution >= 4 is 0 Å². The van der Waals surface area contributed by atoms with Gasteiger partial charge in [0.2, 0.25) is 11.7 Å². The van der Waals surface area contributed by atoms with Gasteiger partial charge in [0.15, 0.2) is 0 Å². The second-order valence-electron chi connectivity index (χ2n) is 4.88. The third-order valence-electron chi connectivity index (χ3n) is 3.44. The predicted octanol–water partition coefficient (Wildman–Crippen LogP) is 2.09. The summed E-state index contributed by atoms with van der Waals surface area (Å²) in [6.45, 7) is 2.87. The lowest BCUT2D eigenvalue weighted by Crippen LogP contribution is -2.16. The fourth-order valence-corrected chi connectivity index (χ4v) is 2.35. The van der Waals surface area contributed by atoms with Crippen LogP contribution < -0.4 is 5.32 Å². The average molecular weight is 259 g/mol. The molecule has 2 aromatic rings. The maximum Gasteiger partial charge on any atom is 0.244 e. The molecule has 2 unspecified atom stereocenters. The van der Waals surface area contributed by atoms with Crippen LogP contribution in [0.15, 0.2) is 28.8 Å². The first-order valence-corrected chi connectivity index (χ1v) is 6.43. The van der Waals surface area contributed by atoms with Gasteiger partial charge in [-0.2, -0.15) is 4.98 Å². The van der Waals surface area contributed by atoms with Gasteiger partial charge in [-0.15, -0.1) is 0 Å². The van der Waals surface area contributed by atoms with Crippen molar-refractivity contribution in [1.29, 1.82) is 0 Å². The zero-order valence-corrected chi connectivity index (χ0v) is 11.1. The van der Waals surface area contributed by atoms with E-state index in [2.05, 4.69) is 21.5 Å². The molecule has 1 aromatic carbocycles. The number of hydrogen-bond donors (Lipinski definition) is 1. The Kier molecular flexibility index (Phi) is 3.31. The van der Waals surface area contributed by atoms with Gasteiger partial charge in [-0.3, -0.25) is 0 Å². The second kappa shape index (κ2) is 5.11. The van der Waals surface area contributed by atoms with Gasteiger partial charge >= 0.3 is 0 Å². The van der Waals surface area contributed by atoms with E-state index in [-0.39, 0.29) is 12.1 Å². The number of rotatable bonds is 3. The molecule has 0 radical (unpaired) electrons. The molecule has 0 saturated carbocycles. The average Bonchev–Trinajstić information content (AvgIpc) is 3.07. The van der Waals surface area contributed by atoms with Gasteiger partial charge < -0.3 is 14.6 Å². The smallest absolute Gasteiger partial charge is 0.244 e. The van der Waals surface area contributed by atoms with Crippen LogP contribution in [0.2, 0.25) is 0 Å². The Morgan fingerprint density at radius 1 is 1.42 bits per heavy atom. The highest BCUT2D eigenvalue weighted by Crippen LogP contribution is 2.25. The van der Waals surface area contributed by atoms with Crippen LogP contribution in [0, 0.1) is 6.92 Å². The molecule has 1 aliphatic rings. The van der Waals surface area contributed by atoms with Crippen molar-refractivity contribution in [3.05, 3.63) is 35.7 Å². The van der Waals surface area contributed by atoms with E-state index in [1.165, 1.54) is 5.56 Å². The number of aryl methyl sites for hydroxylation is 1. The SMILES string of the molecule is COC1CNC(c2nc(-c3cccc(C)c3)no2)C1. The van der Waals surface area contributed by atoms with Crippen LogP contribution in [0.3, 0.4) is 0 Å². The van der Waals surface area contributed by atoms with E-state index in [0.29, 0.717) is 11.7 Å². The molecule has 1 aliphatic heterocycles. The molecular formula is C14H17N3O2. The van der Waals surface area contributed by atoms with Crippen LogP contribution in [0.1, 0.15) is 23.9 Å². The molecule has 5 heteroatoms. The molecule has 3 rings (SSSR count). The maximum absolute atomic E-state index is 5.36. The summed E-state index contributed by atoms with van der Waals surface area (Å²) in [5, 5.41) is 7.38. The van der Waals surface area contributed by atoms with Gasteiger partial charge in [0.1, 0.15) is 0 Å². The van der Waals surface area contributed by atoms with Crippen molar-refractivity contribution in [3.63, 3.8) is 0 Å². The number of benzene rings is 1. The molecular weight excluding hydrogens is 242 g/mol. The van der Waals surface area contributed by atoms with Crippen molar-refractivity contribution in [3.8, 4) is 11.4 Å². The molecule has 1 saturated heterocycles. The zero-order chi connectivity index (χ0) is 13.2. The van der Waals surface area contributed by atoms with Crippen LogP contribution >= 0.6 is 0 Å². The van der Waals surface area contributed by atoms with E-state index in [0.717, 1.165) is 18.5 Å². The van der Waals surface area contributed by atoms with Crippen molar-refractivity contribution < 1.29 is 9.26 Å². The zero-order valence-electron chi connectivity index (χ0n) is 11.1. The molecule has 1 fully saturated rings. The monoisotopic (exact) mass is 259 g/mol. The third kappa shape index (κ3) is 2.52. The van der Waals surface area contributed by atoms with E-state index in [4.69, 9.17) is 9.26 Å². The Hall–Kier alpha value is -1.72. The van der Waals surface area contributed by atoms with Gasteiger partial charge in [-0.1, -0.05) is 28.9 Å². The summed E-state index contributed by atoms with van der Waals surface area (Å²) in [5.41, 5.74) is 2.17. The molecule has 5 nitrogen and oxygen atoms in total. The highest BCUT2D eigenvalue weighted by Gasteiger charge is 2.29. The van der Waals surface area contributed by atoms with E-state index in [1.54, 1.807) is 7.11 Å². The first-order valence-electron chi connectivity index (χ1n) is 6.43. The molecule has 0 spiro atoms. The summed E-state index contributed by atoms with van der Waals surface area (Å²) >= 11 is 0. The van der Waals surface area contributed by atoms with Gasteiger partial charge in [0.05, 0.1) is 12.1 Å². The molecule has 100 valence electrons. The van der Waals surface area contributed by atoms with Crippen molar-refractivity contribution in [2.75, 3.05) is 13.7 Å². The lowest BCUT2D eigenvalue weighted by molar-refractivity contribution is 0.116. The summed E-state index contributed by atoms with van der Waals surface area (Å²) < 4.78 is 10.7. The molecule has 0 bridgehead atoms. The fraction of sp³-hybridized carbons (Fsp3) is 0.429. The molecule has 2 atom stereocenters. The van der Waals surface area contributed by atoms with Crippen LogP contribution in [-0.2, 0) is 4.74 Å². The minimum atomic E-state index is 0.0935. The van der Waals surface area contributed by atoms with Gasteiger partial charge in [-0.25, -0.2) is 0 Å². The summed E-state index contributed by atoms with van der Waals surface area (Å²) in [5.74, 6) is 1.28. The van der Waals surface area contributed by atoms with E-state index in [1.807, 2.05) is 25.1 Å². The predicted molar refractivity (Wildman–Crippen MR) is 70.6 cm³/mol. The molecule has 1 N–H and O–H groups in total. The third-order valence-corrected chi connectivity index (χ3v) is 3.44.